The van der Waals surface area contributed by atoms with Crippen molar-refractivity contribution in [2.75, 3.05) is 20.1 Å². The number of carbonyl (C=O) groups is 3. The third-order valence-corrected chi connectivity index (χ3v) is 5.52. The SMILES string of the molecule is CNC1CCCN(C(=O)c2ccc3c(c2)C(=O)N(Cc2ccccc2)C3=O)C1.Cl. The largest absolute Gasteiger partial charge is 0.337 e. The van der Waals surface area contributed by atoms with Gasteiger partial charge in [-0.05, 0) is 43.7 Å². The van der Waals surface area contributed by atoms with Crippen LogP contribution in [0.5, 0.6) is 0 Å². The van der Waals surface area contributed by atoms with E-state index in [0.29, 0.717) is 29.8 Å². The predicted molar refractivity (Wildman–Crippen MR) is 112 cm³/mol. The number of hydrogen-bond donors (Lipinski definition) is 1. The maximum Gasteiger partial charge on any atom is 0.261 e. The first-order valence-corrected chi connectivity index (χ1v) is 9.59. The lowest BCUT2D eigenvalue weighted by Crippen LogP contribution is -2.47. The maximum absolute atomic E-state index is 12.9. The van der Waals surface area contributed by atoms with Crippen LogP contribution in [0, 0.1) is 0 Å². The van der Waals surface area contributed by atoms with Crippen molar-refractivity contribution in [3.63, 3.8) is 0 Å². The molecule has 0 bridgehead atoms. The van der Waals surface area contributed by atoms with Gasteiger partial charge >= 0.3 is 0 Å². The van der Waals surface area contributed by atoms with Gasteiger partial charge in [-0.25, -0.2) is 0 Å². The van der Waals surface area contributed by atoms with Crippen molar-refractivity contribution in [3.05, 3.63) is 70.8 Å². The van der Waals surface area contributed by atoms with E-state index in [4.69, 9.17) is 0 Å². The summed E-state index contributed by atoms with van der Waals surface area (Å²) < 4.78 is 0. The molecule has 0 radical (unpaired) electrons. The van der Waals surface area contributed by atoms with E-state index in [-0.39, 0.29) is 42.7 Å². The fourth-order valence-electron chi connectivity index (χ4n) is 3.91. The predicted octanol–water partition coefficient (Wildman–Crippen LogP) is 2.73. The molecule has 1 saturated heterocycles. The highest BCUT2D eigenvalue weighted by Gasteiger charge is 2.36. The molecular weight excluding hydrogens is 390 g/mol. The number of rotatable bonds is 4. The zero-order valence-corrected chi connectivity index (χ0v) is 17.1. The number of fused-ring (bicyclic) bond motifs is 1. The lowest BCUT2D eigenvalue weighted by molar-refractivity contribution is 0.0641. The second kappa shape index (κ2) is 8.76. The van der Waals surface area contributed by atoms with Crippen molar-refractivity contribution < 1.29 is 14.4 Å². The highest BCUT2D eigenvalue weighted by Crippen LogP contribution is 2.26. The van der Waals surface area contributed by atoms with Crippen LogP contribution in [0.3, 0.4) is 0 Å². The summed E-state index contributed by atoms with van der Waals surface area (Å²) in [4.78, 5) is 41.5. The Morgan fingerprint density at radius 2 is 1.79 bits per heavy atom. The topological polar surface area (TPSA) is 69.7 Å². The Balaban J connectivity index is 0.00000240. The van der Waals surface area contributed by atoms with Gasteiger partial charge in [0.15, 0.2) is 0 Å². The number of nitrogens with one attached hydrogen (secondary N) is 1. The van der Waals surface area contributed by atoms with E-state index in [9.17, 15) is 14.4 Å². The summed E-state index contributed by atoms with van der Waals surface area (Å²) in [6.07, 6.45) is 2.00. The van der Waals surface area contributed by atoms with E-state index < -0.39 is 0 Å². The lowest BCUT2D eigenvalue weighted by Gasteiger charge is -2.32. The number of halogens is 1. The number of imide groups is 1. The van der Waals surface area contributed by atoms with E-state index in [2.05, 4.69) is 5.32 Å². The van der Waals surface area contributed by atoms with Crippen LogP contribution in [0.2, 0.25) is 0 Å². The number of benzene rings is 2. The number of amides is 3. The Kier molecular flexibility index (Phi) is 6.35. The van der Waals surface area contributed by atoms with Crippen LogP contribution in [0.1, 0.15) is 49.5 Å². The van der Waals surface area contributed by atoms with Crippen molar-refractivity contribution in [3.8, 4) is 0 Å². The van der Waals surface area contributed by atoms with Crippen LogP contribution in [0.15, 0.2) is 48.5 Å². The average molecular weight is 414 g/mol. The summed E-state index contributed by atoms with van der Waals surface area (Å²) in [5, 5.41) is 3.22. The molecule has 2 aromatic rings. The number of hydrogen-bond acceptors (Lipinski definition) is 4. The molecule has 29 heavy (non-hydrogen) atoms. The normalized spacial score (nSPS) is 18.4. The van der Waals surface area contributed by atoms with Crippen molar-refractivity contribution >= 4 is 30.1 Å². The van der Waals surface area contributed by atoms with Gasteiger partial charge in [-0.2, -0.15) is 0 Å². The minimum Gasteiger partial charge on any atom is -0.337 e. The third-order valence-electron chi connectivity index (χ3n) is 5.52. The summed E-state index contributed by atoms with van der Waals surface area (Å²) in [5.74, 6) is -0.745. The van der Waals surface area contributed by atoms with Crippen molar-refractivity contribution in [1.82, 2.24) is 15.1 Å². The van der Waals surface area contributed by atoms with E-state index in [0.717, 1.165) is 18.4 Å². The first-order chi connectivity index (χ1) is 13.6. The average Bonchev–Trinajstić information content (AvgIpc) is 2.98. The van der Waals surface area contributed by atoms with Gasteiger partial charge in [0.2, 0.25) is 0 Å². The number of carbonyl (C=O) groups excluding carboxylic acids is 3. The Bertz CT molecular complexity index is 932. The summed E-state index contributed by atoms with van der Waals surface area (Å²) >= 11 is 0. The molecule has 3 amide bonds. The van der Waals surface area contributed by atoms with Crippen LogP contribution in [-0.2, 0) is 6.54 Å². The fraction of sp³-hybridized carbons (Fsp3) is 0.318. The van der Waals surface area contributed by atoms with Gasteiger partial charge in [0.05, 0.1) is 17.7 Å². The summed E-state index contributed by atoms with van der Waals surface area (Å²) in [7, 11) is 1.90. The van der Waals surface area contributed by atoms with Crippen LogP contribution in [0.25, 0.3) is 0 Å². The van der Waals surface area contributed by atoms with Crippen LogP contribution >= 0.6 is 12.4 Å². The molecule has 1 N–H and O–H groups in total. The van der Waals surface area contributed by atoms with Gasteiger partial charge in [0, 0.05) is 24.7 Å². The maximum atomic E-state index is 12.9. The van der Waals surface area contributed by atoms with Gasteiger partial charge in [0.1, 0.15) is 0 Å². The summed E-state index contributed by atoms with van der Waals surface area (Å²) in [6.45, 7) is 1.59. The Hall–Kier alpha value is -2.70. The Morgan fingerprint density at radius 1 is 1.07 bits per heavy atom. The molecule has 0 saturated carbocycles. The molecule has 2 heterocycles. The van der Waals surface area contributed by atoms with Gasteiger partial charge in [-0.15, -0.1) is 12.4 Å². The minimum absolute atomic E-state index is 0. The molecule has 6 nitrogen and oxygen atoms in total. The number of likely N-dealkylation sites (tertiary alicyclic amines) is 1. The van der Waals surface area contributed by atoms with Crippen molar-refractivity contribution in [2.45, 2.75) is 25.4 Å². The second-order valence-electron chi connectivity index (χ2n) is 7.32. The molecule has 0 aliphatic carbocycles. The molecule has 2 aliphatic rings. The number of nitrogens with zero attached hydrogens (tertiary/aromatic N) is 2. The van der Waals surface area contributed by atoms with Crippen molar-refractivity contribution in [2.24, 2.45) is 0 Å². The third kappa shape index (κ3) is 4.04. The Labute approximate surface area is 176 Å². The quantitative estimate of drug-likeness (QED) is 0.782. The monoisotopic (exact) mass is 413 g/mol. The van der Waals surface area contributed by atoms with Crippen LogP contribution in [0.4, 0.5) is 0 Å². The summed E-state index contributed by atoms with van der Waals surface area (Å²) in [6, 6.07) is 14.5. The van der Waals surface area contributed by atoms with E-state index in [1.54, 1.807) is 18.2 Å². The highest BCUT2D eigenvalue weighted by molar-refractivity contribution is 6.22. The Morgan fingerprint density at radius 3 is 2.52 bits per heavy atom. The van der Waals surface area contributed by atoms with Gasteiger partial charge in [-0.3, -0.25) is 19.3 Å². The van der Waals surface area contributed by atoms with Gasteiger partial charge in [0.25, 0.3) is 17.7 Å². The molecule has 0 aromatic heterocycles. The lowest BCUT2D eigenvalue weighted by atomic mass is 10.0. The molecular formula is C22H24ClN3O3. The molecule has 1 fully saturated rings. The fourth-order valence-corrected chi connectivity index (χ4v) is 3.91. The van der Waals surface area contributed by atoms with Gasteiger partial charge < -0.3 is 10.2 Å². The molecule has 1 unspecified atom stereocenters. The number of likely N-dealkylation sites (N-methyl/N-ethyl adjacent to an activating group) is 1. The van der Waals surface area contributed by atoms with E-state index >= 15 is 0 Å². The van der Waals surface area contributed by atoms with E-state index in [1.165, 1.54) is 4.90 Å². The molecule has 2 aliphatic heterocycles. The first kappa shape index (κ1) is 21.0. The molecule has 4 rings (SSSR count). The molecule has 2 aromatic carbocycles. The zero-order chi connectivity index (χ0) is 19.7. The summed E-state index contributed by atoms with van der Waals surface area (Å²) in [5.41, 5.74) is 2.02. The van der Waals surface area contributed by atoms with Crippen LogP contribution in [-0.4, -0.2) is 53.7 Å². The zero-order valence-electron chi connectivity index (χ0n) is 16.3. The highest BCUT2D eigenvalue weighted by atomic mass is 35.5. The van der Waals surface area contributed by atoms with Crippen LogP contribution < -0.4 is 5.32 Å². The standard InChI is InChI=1S/C22H23N3O3.ClH/c1-23-17-8-5-11-24(14-17)20(26)16-9-10-18-19(12-16)22(28)25(21(18)27)13-15-6-3-2-4-7-15;/h2-4,6-7,9-10,12,17,23H,5,8,11,13-14H2,1H3;1H. The second-order valence-corrected chi connectivity index (χ2v) is 7.32. The number of piperidine rings is 1. The minimum atomic E-state index is -0.342. The molecule has 0 spiro atoms. The van der Waals surface area contributed by atoms with Crippen molar-refractivity contribution in [1.29, 1.82) is 0 Å². The van der Waals surface area contributed by atoms with Gasteiger partial charge in [-0.1, -0.05) is 30.3 Å². The smallest absolute Gasteiger partial charge is 0.261 e. The molecule has 1 atom stereocenters. The molecule has 7 heteroatoms. The first-order valence-electron chi connectivity index (χ1n) is 9.59. The molecule has 152 valence electrons. The van der Waals surface area contributed by atoms with E-state index in [1.807, 2.05) is 42.3 Å².